The lowest BCUT2D eigenvalue weighted by atomic mass is 9.87. The number of amides is 2. The molecule has 31 heavy (non-hydrogen) atoms. The molecule has 0 spiro atoms. The summed E-state index contributed by atoms with van der Waals surface area (Å²) in [6, 6.07) is 15.9. The van der Waals surface area contributed by atoms with E-state index in [0.29, 0.717) is 11.1 Å². The molecule has 2 amide bonds. The van der Waals surface area contributed by atoms with Crippen molar-refractivity contribution in [2.24, 2.45) is 0 Å². The molecule has 0 heterocycles. The molecular weight excluding hydrogens is 414 g/mol. The predicted molar refractivity (Wildman–Crippen MR) is 119 cm³/mol. The van der Waals surface area contributed by atoms with Crippen molar-refractivity contribution in [3.63, 3.8) is 0 Å². The molecule has 0 radical (unpaired) electrons. The summed E-state index contributed by atoms with van der Waals surface area (Å²) in [5.74, 6) is -2.13. The summed E-state index contributed by atoms with van der Waals surface area (Å²) in [7, 11) is -3.74. The van der Waals surface area contributed by atoms with Gasteiger partial charge in [-0.25, -0.2) is 8.42 Å². The molecule has 0 aliphatic carbocycles. The number of hydrogen-bond acceptors (Lipinski definition) is 5. The fraction of sp³-hybridized carbons (Fsp3) is 0.348. The number of nitrogens with zero attached hydrogens (tertiary/aromatic N) is 1. The molecule has 8 heteroatoms. The van der Waals surface area contributed by atoms with Crippen LogP contribution in [0.5, 0.6) is 0 Å². The summed E-state index contributed by atoms with van der Waals surface area (Å²) in [4.78, 5) is 24.9. The third kappa shape index (κ3) is 7.54. The average Bonchev–Trinajstić information content (AvgIpc) is 2.71. The van der Waals surface area contributed by atoms with Crippen molar-refractivity contribution in [2.75, 3.05) is 12.3 Å². The zero-order valence-electron chi connectivity index (χ0n) is 17.9. The van der Waals surface area contributed by atoms with Gasteiger partial charge in [0.25, 0.3) is 5.91 Å². The van der Waals surface area contributed by atoms with E-state index >= 15 is 0 Å². The highest BCUT2D eigenvalue weighted by Gasteiger charge is 2.28. The molecule has 2 aromatic rings. The topological polar surface area (TPSA) is 116 Å². The van der Waals surface area contributed by atoms with Gasteiger partial charge < -0.3 is 10.6 Å². The monoisotopic (exact) mass is 441 g/mol. The molecule has 2 rings (SSSR count). The summed E-state index contributed by atoms with van der Waals surface area (Å²) in [6.45, 7) is 5.92. The minimum absolute atomic E-state index is 0.0525. The Bertz CT molecular complexity index is 1050. The predicted octanol–water partition coefficient (Wildman–Crippen LogP) is 2.34. The van der Waals surface area contributed by atoms with E-state index < -0.39 is 33.4 Å². The fourth-order valence-electron chi connectivity index (χ4n) is 2.93. The van der Waals surface area contributed by atoms with Crippen LogP contribution in [-0.4, -0.2) is 38.6 Å². The first-order valence-corrected chi connectivity index (χ1v) is 11.6. The Morgan fingerprint density at radius 1 is 1.03 bits per heavy atom. The van der Waals surface area contributed by atoms with E-state index in [1.807, 2.05) is 12.1 Å². The maximum atomic E-state index is 12.8. The van der Waals surface area contributed by atoms with Crippen molar-refractivity contribution in [2.45, 2.75) is 38.0 Å². The van der Waals surface area contributed by atoms with Gasteiger partial charge in [-0.1, -0.05) is 63.2 Å². The largest absolute Gasteiger partial charge is 0.341 e. The third-order valence-electron chi connectivity index (χ3n) is 4.63. The van der Waals surface area contributed by atoms with Crippen molar-refractivity contribution in [1.29, 1.82) is 5.26 Å². The van der Waals surface area contributed by atoms with Crippen LogP contribution in [0.15, 0.2) is 54.6 Å². The van der Waals surface area contributed by atoms with Gasteiger partial charge in [-0.15, -0.1) is 0 Å². The Hall–Kier alpha value is -3.18. The van der Waals surface area contributed by atoms with Gasteiger partial charge in [-0.3, -0.25) is 9.59 Å². The maximum Gasteiger partial charge on any atom is 0.251 e. The van der Waals surface area contributed by atoms with E-state index in [2.05, 4.69) is 31.4 Å². The van der Waals surface area contributed by atoms with Gasteiger partial charge in [0.15, 0.2) is 9.84 Å². The Kier molecular flexibility index (Phi) is 7.95. The molecule has 0 aliphatic heterocycles. The molecule has 0 fully saturated rings. The van der Waals surface area contributed by atoms with Gasteiger partial charge in [0.1, 0.15) is 12.6 Å². The Balaban J connectivity index is 2.16. The zero-order chi connectivity index (χ0) is 23.1. The minimum Gasteiger partial charge on any atom is -0.341 e. The number of sulfone groups is 1. The highest BCUT2D eigenvalue weighted by atomic mass is 32.2. The van der Waals surface area contributed by atoms with Gasteiger partial charge in [-0.2, -0.15) is 5.26 Å². The number of carbonyl (C=O) groups is 2. The zero-order valence-corrected chi connectivity index (χ0v) is 18.7. The smallest absolute Gasteiger partial charge is 0.251 e. The summed E-state index contributed by atoms with van der Waals surface area (Å²) in [5, 5.41) is 13.5. The lowest BCUT2D eigenvalue weighted by molar-refractivity contribution is -0.122. The van der Waals surface area contributed by atoms with E-state index in [-0.39, 0.29) is 17.7 Å². The van der Waals surface area contributed by atoms with E-state index in [4.69, 9.17) is 5.26 Å². The lowest BCUT2D eigenvalue weighted by Gasteiger charge is -2.20. The van der Waals surface area contributed by atoms with E-state index in [1.54, 1.807) is 48.5 Å². The molecule has 7 nitrogen and oxygen atoms in total. The number of hydrogen-bond donors (Lipinski definition) is 2. The van der Waals surface area contributed by atoms with Gasteiger partial charge in [-0.05, 0) is 28.7 Å². The Morgan fingerprint density at radius 3 is 2.19 bits per heavy atom. The van der Waals surface area contributed by atoms with E-state index in [1.165, 1.54) is 0 Å². The summed E-state index contributed by atoms with van der Waals surface area (Å²) in [6.07, 6.45) is 0. The van der Waals surface area contributed by atoms with Crippen molar-refractivity contribution in [1.82, 2.24) is 10.6 Å². The van der Waals surface area contributed by atoms with Gasteiger partial charge >= 0.3 is 0 Å². The molecule has 2 aromatic carbocycles. The first kappa shape index (κ1) is 24.1. The summed E-state index contributed by atoms with van der Waals surface area (Å²) >= 11 is 0. The highest BCUT2D eigenvalue weighted by molar-refractivity contribution is 7.90. The molecule has 0 saturated heterocycles. The van der Waals surface area contributed by atoms with Crippen molar-refractivity contribution in [3.05, 3.63) is 71.3 Å². The molecule has 0 aromatic heterocycles. The van der Waals surface area contributed by atoms with Crippen LogP contribution in [0.2, 0.25) is 0 Å². The van der Waals surface area contributed by atoms with Gasteiger partial charge in [0.05, 0.1) is 17.6 Å². The first-order chi connectivity index (χ1) is 14.5. The molecule has 2 N–H and O–H groups in total. The van der Waals surface area contributed by atoms with E-state index in [9.17, 15) is 18.0 Å². The van der Waals surface area contributed by atoms with Crippen LogP contribution in [0.4, 0.5) is 0 Å². The minimum atomic E-state index is -3.74. The summed E-state index contributed by atoms with van der Waals surface area (Å²) in [5.41, 5.74) is 1.93. The van der Waals surface area contributed by atoms with Crippen LogP contribution in [-0.2, 0) is 25.8 Å². The SMILES string of the molecule is CC(C)(C)c1ccc(CS(=O)(=O)CC(NC(=O)c2ccccc2)C(=O)NCC#N)cc1. The van der Waals surface area contributed by atoms with Crippen LogP contribution >= 0.6 is 0 Å². The second-order valence-electron chi connectivity index (χ2n) is 8.27. The van der Waals surface area contributed by atoms with Crippen molar-refractivity contribution < 1.29 is 18.0 Å². The van der Waals surface area contributed by atoms with Crippen LogP contribution in [0, 0.1) is 11.3 Å². The van der Waals surface area contributed by atoms with Crippen LogP contribution in [0.3, 0.4) is 0 Å². The molecular formula is C23H27N3O4S. The van der Waals surface area contributed by atoms with Crippen LogP contribution < -0.4 is 10.6 Å². The molecule has 164 valence electrons. The van der Waals surface area contributed by atoms with Crippen LogP contribution in [0.25, 0.3) is 0 Å². The molecule has 1 atom stereocenters. The highest BCUT2D eigenvalue weighted by Crippen LogP contribution is 2.22. The number of nitrogens with one attached hydrogen (secondary N) is 2. The Labute approximate surface area is 183 Å². The quantitative estimate of drug-likeness (QED) is 0.610. The van der Waals surface area contributed by atoms with Crippen LogP contribution in [0.1, 0.15) is 42.3 Å². The van der Waals surface area contributed by atoms with E-state index in [0.717, 1.165) is 5.56 Å². The second kappa shape index (κ2) is 10.2. The average molecular weight is 442 g/mol. The molecule has 0 saturated carbocycles. The fourth-order valence-corrected chi connectivity index (χ4v) is 4.49. The lowest BCUT2D eigenvalue weighted by Crippen LogP contribution is -2.50. The summed E-state index contributed by atoms with van der Waals surface area (Å²) < 4.78 is 25.6. The maximum absolute atomic E-state index is 12.8. The third-order valence-corrected chi connectivity index (χ3v) is 6.24. The first-order valence-electron chi connectivity index (χ1n) is 9.82. The standard InChI is InChI=1S/C23H27N3O4S/c1-23(2,3)19-11-9-17(10-12-19)15-31(29,30)16-20(22(28)25-14-13-24)26-21(27)18-7-5-4-6-8-18/h4-12,20H,14-16H2,1-3H3,(H,25,28)(H,26,27). The molecule has 1 unspecified atom stereocenters. The van der Waals surface area contributed by atoms with Gasteiger partial charge in [0.2, 0.25) is 5.91 Å². The number of nitriles is 1. The molecule has 0 bridgehead atoms. The Morgan fingerprint density at radius 2 is 1.65 bits per heavy atom. The number of rotatable bonds is 8. The number of carbonyl (C=O) groups excluding carboxylic acids is 2. The van der Waals surface area contributed by atoms with Crippen molar-refractivity contribution >= 4 is 21.7 Å². The second-order valence-corrected chi connectivity index (χ2v) is 10.4. The van der Waals surface area contributed by atoms with Gasteiger partial charge in [0, 0.05) is 5.56 Å². The number of benzene rings is 2. The molecule has 0 aliphatic rings. The van der Waals surface area contributed by atoms with Crippen molar-refractivity contribution in [3.8, 4) is 6.07 Å². The normalized spacial score (nSPS) is 12.5.